The summed E-state index contributed by atoms with van der Waals surface area (Å²) in [6, 6.07) is 8.11. The molecule has 0 aliphatic rings. The summed E-state index contributed by atoms with van der Waals surface area (Å²) in [5, 5.41) is 6.10. The van der Waals surface area contributed by atoms with Crippen molar-refractivity contribution >= 4 is 17.5 Å². The molecule has 0 bridgehead atoms. The van der Waals surface area contributed by atoms with Gasteiger partial charge in [-0.1, -0.05) is 52.3 Å². The number of para-hydroxylation sites is 1. The molecule has 2 rings (SSSR count). The Labute approximate surface area is 143 Å². The molecule has 5 nitrogen and oxygen atoms in total. The fourth-order valence-electron chi connectivity index (χ4n) is 2.36. The van der Waals surface area contributed by atoms with Crippen LogP contribution in [0.25, 0.3) is 0 Å². The zero-order chi connectivity index (χ0) is 17.6. The van der Waals surface area contributed by atoms with Gasteiger partial charge in [0.05, 0.1) is 5.56 Å². The van der Waals surface area contributed by atoms with Gasteiger partial charge in [0, 0.05) is 24.6 Å². The molecule has 1 amide bonds. The van der Waals surface area contributed by atoms with E-state index in [0.29, 0.717) is 18.1 Å². The molecular weight excluding hydrogens is 300 g/mol. The number of amides is 1. The molecule has 0 aliphatic carbocycles. The lowest BCUT2D eigenvalue weighted by molar-refractivity contribution is 0.0952. The van der Waals surface area contributed by atoms with E-state index in [1.54, 1.807) is 12.4 Å². The molecule has 128 valence electrons. The zero-order valence-corrected chi connectivity index (χ0v) is 14.9. The second-order valence-corrected chi connectivity index (χ2v) is 6.83. The van der Waals surface area contributed by atoms with E-state index in [2.05, 4.69) is 54.4 Å². The number of nitrogens with one attached hydrogen (secondary N) is 2. The van der Waals surface area contributed by atoms with Crippen LogP contribution < -0.4 is 10.6 Å². The Kier molecular flexibility index (Phi) is 5.90. The first kappa shape index (κ1) is 17.9. The Morgan fingerprint density at radius 2 is 1.79 bits per heavy atom. The Balaban J connectivity index is 2.09. The molecule has 1 heterocycles. The molecule has 0 spiro atoms. The molecular formula is C19H26N4O. The van der Waals surface area contributed by atoms with Crippen LogP contribution in [0.4, 0.5) is 11.6 Å². The van der Waals surface area contributed by atoms with Crippen molar-refractivity contribution in [2.75, 3.05) is 11.9 Å². The van der Waals surface area contributed by atoms with Crippen molar-refractivity contribution in [1.82, 2.24) is 15.3 Å². The molecule has 0 unspecified atom stereocenters. The van der Waals surface area contributed by atoms with E-state index in [-0.39, 0.29) is 11.3 Å². The quantitative estimate of drug-likeness (QED) is 0.786. The number of hydrogen-bond donors (Lipinski definition) is 2. The minimum Gasteiger partial charge on any atom is -0.352 e. The number of hydrogen-bond acceptors (Lipinski definition) is 4. The molecule has 5 heteroatoms. The van der Waals surface area contributed by atoms with Crippen LogP contribution in [0, 0.1) is 0 Å². The van der Waals surface area contributed by atoms with Crippen molar-refractivity contribution < 1.29 is 4.79 Å². The lowest BCUT2D eigenvalue weighted by atomic mass is 9.86. The molecule has 2 aromatic rings. The van der Waals surface area contributed by atoms with Gasteiger partial charge >= 0.3 is 0 Å². The number of anilines is 2. The van der Waals surface area contributed by atoms with E-state index in [9.17, 15) is 4.79 Å². The summed E-state index contributed by atoms with van der Waals surface area (Å²) >= 11 is 0. The van der Waals surface area contributed by atoms with Gasteiger partial charge in [-0.2, -0.15) is 0 Å². The molecule has 0 radical (unpaired) electrons. The third-order valence-electron chi connectivity index (χ3n) is 3.71. The number of benzene rings is 1. The van der Waals surface area contributed by atoms with Crippen molar-refractivity contribution in [3.63, 3.8) is 0 Å². The fraction of sp³-hybridized carbons (Fsp3) is 0.421. The summed E-state index contributed by atoms with van der Waals surface area (Å²) in [5.74, 6) is 0.349. The van der Waals surface area contributed by atoms with Crippen molar-refractivity contribution in [2.24, 2.45) is 0 Å². The lowest BCUT2D eigenvalue weighted by Gasteiger charge is -2.22. The summed E-state index contributed by atoms with van der Waals surface area (Å²) < 4.78 is 0. The third-order valence-corrected chi connectivity index (χ3v) is 3.71. The van der Waals surface area contributed by atoms with Crippen molar-refractivity contribution in [3.8, 4) is 0 Å². The van der Waals surface area contributed by atoms with E-state index in [1.807, 2.05) is 18.2 Å². The first-order valence-electron chi connectivity index (χ1n) is 8.38. The minimum atomic E-state index is -0.134. The normalized spacial score (nSPS) is 11.2. The second kappa shape index (κ2) is 7.90. The Morgan fingerprint density at radius 3 is 2.42 bits per heavy atom. The van der Waals surface area contributed by atoms with E-state index in [1.165, 1.54) is 5.56 Å². The van der Waals surface area contributed by atoms with Crippen LogP contribution in [-0.4, -0.2) is 22.4 Å². The van der Waals surface area contributed by atoms with Gasteiger partial charge in [0.15, 0.2) is 0 Å². The van der Waals surface area contributed by atoms with Gasteiger partial charge < -0.3 is 10.6 Å². The predicted molar refractivity (Wildman–Crippen MR) is 97.7 cm³/mol. The van der Waals surface area contributed by atoms with Crippen molar-refractivity contribution in [1.29, 1.82) is 0 Å². The van der Waals surface area contributed by atoms with Crippen LogP contribution >= 0.6 is 0 Å². The molecule has 24 heavy (non-hydrogen) atoms. The number of nitrogens with zero attached hydrogens (tertiary/aromatic N) is 2. The molecule has 0 saturated carbocycles. The highest BCUT2D eigenvalue weighted by Crippen LogP contribution is 2.30. The maximum absolute atomic E-state index is 12.0. The van der Waals surface area contributed by atoms with Gasteiger partial charge in [0.1, 0.15) is 0 Å². The summed E-state index contributed by atoms with van der Waals surface area (Å²) in [7, 11) is 0. The summed E-state index contributed by atoms with van der Waals surface area (Å²) in [4.78, 5) is 20.5. The maximum atomic E-state index is 12.0. The highest BCUT2D eigenvalue weighted by molar-refractivity contribution is 5.93. The first-order valence-corrected chi connectivity index (χ1v) is 8.38. The molecule has 2 N–H and O–H groups in total. The number of carbonyl (C=O) groups is 1. The SMILES string of the molecule is CCCCNC(=O)c1cnc(Nc2ccccc2C(C)(C)C)nc1. The average molecular weight is 326 g/mol. The highest BCUT2D eigenvalue weighted by atomic mass is 16.1. The monoisotopic (exact) mass is 326 g/mol. The van der Waals surface area contributed by atoms with E-state index in [0.717, 1.165) is 18.5 Å². The lowest BCUT2D eigenvalue weighted by Crippen LogP contribution is -2.24. The standard InChI is InChI=1S/C19H26N4O/c1-5-6-11-20-17(24)14-12-21-18(22-13-14)23-16-10-8-7-9-15(16)19(2,3)4/h7-10,12-13H,5-6,11H2,1-4H3,(H,20,24)(H,21,22,23). The van der Waals surface area contributed by atoms with Gasteiger partial charge in [-0.05, 0) is 23.5 Å². The van der Waals surface area contributed by atoms with Crippen LogP contribution in [-0.2, 0) is 5.41 Å². The van der Waals surface area contributed by atoms with Crippen molar-refractivity contribution in [3.05, 3.63) is 47.8 Å². The zero-order valence-electron chi connectivity index (χ0n) is 14.9. The van der Waals surface area contributed by atoms with Gasteiger partial charge in [0.2, 0.25) is 5.95 Å². The van der Waals surface area contributed by atoms with Gasteiger partial charge in [0.25, 0.3) is 5.91 Å². The summed E-state index contributed by atoms with van der Waals surface area (Å²) in [5.41, 5.74) is 2.66. The Hall–Kier alpha value is -2.43. The van der Waals surface area contributed by atoms with Gasteiger partial charge in [-0.3, -0.25) is 4.79 Å². The van der Waals surface area contributed by atoms with Crippen LogP contribution in [0.1, 0.15) is 56.5 Å². The minimum absolute atomic E-state index is 0.0166. The largest absolute Gasteiger partial charge is 0.352 e. The predicted octanol–water partition coefficient (Wildman–Crippen LogP) is 4.05. The maximum Gasteiger partial charge on any atom is 0.254 e. The van der Waals surface area contributed by atoms with Gasteiger partial charge in [-0.15, -0.1) is 0 Å². The first-order chi connectivity index (χ1) is 11.4. The van der Waals surface area contributed by atoms with Crippen molar-refractivity contribution in [2.45, 2.75) is 46.0 Å². The highest BCUT2D eigenvalue weighted by Gasteiger charge is 2.18. The molecule has 1 aromatic carbocycles. The summed E-state index contributed by atoms with van der Waals surface area (Å²) in [6.45, 7) is 9.26. The topological polar surface area (TPSA) is 66.9 Å². The van der Waals surface area contributed by atoms with Crippen LogP contribution in [0.2, 0.25) is 0 Å². The summed E-state index contributed by atoms with van der Waals surface area (Å²) in [6.07, 6.45) is 5.12. The fourth-order valence-corrected chi connectivity index (χ4v) is 2.36. The Morgan fingerprint density at radius 1 is 1.12 bits per heavy atom. The molecule has 0 fully saturated rings. The second-order valence-electron chi connectivity index (χ2n) is 6.83. The van der Waals surface area contributed by atoms with Crippen LogP contribution in [0.3, 0.4) is 0 Å². The van der Waals surface area contributed by atoms with Crippen LogP contribution in [0.5, 0.6) is 0 Å². The smallest absolute Gasteiger partial charge is 0.254 e. The van der Waals surface area contributed by atoms with Gasteiger partial charge in [-0.25, -0.2) is 9.97 Å². The number of rotatable bonds is 6. The molecule has 0 saturated heterocycles. The van der Waals surface area contributed by atoms with E-state index in [4.69, 9.17) is 0 Å². The molecule has 0 atom stereocenters. The van der Waals surface area contributed by atoms with E-state index < -0.39 is 0 Å². The van der Waals surface area contributed by atoms with Crippen LogP contribution in [0.15, 0.2) is 36.7 Å². The average Bonchev–Trinajstić information content (AvgIpc) is 2.55. The molecule has 1 aromatic heterocycles. The third kappa shape index (κ3) is 4.78. The number of carbonyl (C=O) groups excluding carboxylic acids is 1. The molecule has 0 aliphatic heterocycles. The van der Waals surface area contributed by atoms with E-state index >= 15 is 0 Å². The Bertz CT molecular complexity index is 675. The number of unbranched alkanes of at least 4 members (excludes halogenated alkanes) is 1. The number of aromatic nitrogens is 2.